The molecular weight excluding hydrogens is 398 g/mol. The number of carbonyl (C=O) groups excluding carboxylic acids is 1. The maximum atomic E-state index is 12.5. The van der Waals surface area contributed by atoms with Crippen LogP contribution in [-0.2, 0) is 14.6 Å². The lowest BCUT2D eigenvalue weighted by molar-refractivity contribution is -0.113. The summed E-state index contributed by atoms with van der Waals surface area (Å²) in [4.78, 5) is 15.9. The van der Waals surface area contributed by atoms with Crippen LogP contribution in [0.4, 0.5) is 14.5 Å². The van der Waals surface area contributed by atoms with Crippen molar-refractivity contribution >= 4 is 33.2 Å². The van der Waals surface area contributed by atoms with Gasteiger partial charge in [-0.3, -0.25) is 9.89 Å². The summed E-state index contributed by atoms with van der Waals surface area (Å²) in [5, 5.41) is 10.1. The first-order valence-corrected chi connectivity index (χ1v) is 10.9. The highest BCUT2D eigenvalue weighted by atomic mass is 32.2. The molecule has 7 nitrogen and oxygen atoms in total. The van der Waals surface area contributed by atoms with Crippen LogP contribution in [0.5, 0.6) is 0 Å². The third kappa shape index (κ3) is 4.83. The van der Waals surface area contributed by atoms with Crippen molar-refractivity contribution in [2.75, 3.05) is 11.1 Å². The minimum Gasteiger partial charge on any atom is -0.325 e. The average Bonchev–Trinajstić information content (AvgIpc) is 3.32. The molecule has 0 bridgehead atoms. The van der Waals surface area contributed by atoms with Gasteiger partial charge in [0, 0.05) is 11.6 Å². The summed E-state index contributed by atoms with van der Waals surface area (Å²) in [5.74, 6) is -2.49. The van der Waals surface area contributed by atoms with Crippen LogP contribution in [0.2, 0.25) is 0 Å². The Morgan fingerprint density at radius 2 is 1.93 bits per heavy atom. The van der Waals surface area contributed by atoms with Crippen LogP contribution in [0.3, 0.4) is 0 Å². The van der Waals surface area contributed by atoms with E-state index in [-0.39, 0.29) is 11.7 Å². The number of aromatic nitrogens is 3. The molecule has 0 unspecified atom stereocenters. The Morgan fingerprint density at radius 3 is 2.56 bits per heavy atom. The van der Waals surface area contributed by atoms with Crippen molar-refractivity contribution < 1.29 is 22.0 Å². The molecule has 0 radical (unpaired) electrons. The Balaban J connectivity index is 1.52. The Hall–Kier alpha value is -2.01. The number of H-pyrrole nitrogens is 1. The average molecular weight is 416 g/mol. The lowest BCUT2D eigenvalue weighted by Gasteiger charge is -2.06. The zero-order chi connectivity index (χ0) is 19.4. The number of rotatable bonds is 7. The fourth-order valence-electron chi connectivity index (χ4n) is 2.86. The van der Waals surface area contributed by atoms with E-state index in [2.05, 4.69) is 20.5 Å². The number of alkyl halides is 2. The second-order valence-corrected chi connectivity index (χ2v) is 9.01. The summed E-state index contributed by atoms with van der Waals surface area (Å²) >= 11 is 1.18. The number of benzene rings is 1. The third-order valence-corrected chi connectivity index (χ3v) is 6.50. The summed E-state index contributed by atoms with van der Waals surface area (Å²) in [5.41, 5.74) is 0.315. The summed E-state index contributed by atoms with van der Waals surface area (Å²) in [6, 6.07) is 4.60. The Bertz CT molecular complexity index is 895. The number of amides is 1. The van der Waals surface area contributed by atoms with Gasteiger partial charge in [-0.05, 0) is 37.1 Å². The van der Waals surface area contributed by atoms with Crippen molar-refractivity contribution in [2.45, 2.75) is 47.4 Å². The van der Waals surface area contributed by atoms with E-state index in [0.717, 1.165) is 30.8 Å². The summed E-state index contributed by atoms with van der Waals surface area (Å²) in [6.45, 7) is 0. The van der Waals surface area contributed by atoms with Gasteiger partial charge in [-0.2, -0.15) is 8.78 Å². The topological polar surface area (TPSA) is 105 Å². The smallest absolute Gasteiger partial charge is 0.325 e. The third-order valence-electron chi connectivity index (χ3n) is 4.26. The molecule has 1 heterocycles. The quantitative estimate of drug-likeness (QED) is 0.672. The second-order valence-electron chi connectivity index (χ2n) is 6.15. The van der Waals surface area contributed by atoms with Crippen molar-refractivity contribution in [1.82, 2.24) is 15.2 Å². The molecule has 27 heavy (non-hydrogen) atoms. The van der Waals surface area contributed by atoms with Crippen LogP contribution in [0.25, 0.3) is 0 Å². The second kappa shape index (κ2) is 8.34. The highest BCUT2D eigenvalue weighted by Gasteiger charge is 2.26. The first kappa shape index (κ1) is 19.7. The monoisotopic (exact) mass is 416 g/mol. The van der Waals surface area contributed by atoms with E-state index < -0.39 is 20.5 Å². The van der Waals surface area contributed by atoms with Gasteiger partial charge < -0.3 is 5.32 Å². The maximum Gasteiger partial charge on any atom is 0.341 e. The number of hydrogen-bond donors (Lipinski definition) is 2. The molecule has 1 aromatic carbocycles. The molecule has 146 valence electrons. The van der Waals surface area contributed by atoms with Crippen LogP contribution in [0.1, 0.15) is 37.4 Å². The molecule has 1 amide bonds. The van der Waals surface area contributed by atoms with Crippen molar-refractivity contribution in [2.24, 2.45) is 0 Å². The molecule has 0 saturated heterocycles. The lowest BCUT2D eigenvalue weighted by Crippen LogP contribution is -2.15. The highest BCUT2D eigenvalue weighted by Crippen LogP contribution is 2.32. The predicted octanol–water partition coefficient (Wildman–Crippen LogP) is 3.19. The maximum absolute atomic E-state index is 12.5. The van der Waals surface area contributed by atoms with E-state index in [4.69, 9.17) is 0 Å². The van der Waals surface area contributed by atoms with Gasteiger partial charge in [-0.1, -0.05) is 24.6 Å². The number of sulfone groups is 1. The largest absolute Gasteiger partial charge is 0.341 e. The molecule has 1 aliphatic rings. The molecule has 1 saturated carbocycles. The van der Waals surface area contributed by atoms with E-state index in [9.17, 15) is 22.0 Å². The van der Waals surface area contributed by atoms with Crippen LogP contribution in [-0.4, -0.2) is 41.0 Å². The van der Waals surface area contributed by atoms with Gasteiger partial charge in [0.15, 0.2) is 0 Å². The Kier molecular flexibility index (Phi) is 6.10. The number of anilines is 1. The van der Waals surface area contributed by atoms with E-state index in [1.807, 2.05) is 0 Å². The first-order valence-electron chi connectivity index (χ1n) is 8.33. The van der Waals surface area contributed by atoms with Gasteiger partial charge in [0.2, 0.25) is 20.9 Å². The minimum atomic E-state index is -4.64. The lowest BCUT2D eigenvalue weighted by atomic mass is 10.1. The molecule has 0 atom stereocenters. The number of thioether (sulfide) groups is 1. The summed E-state index contributed by atoms with van der Waals surface area (Å²) in [7, 11) is -4.64. The normalized spacial score (nSPS) is 15.4. The van der Waals surface area contributed by atoms with E-state index in [0.29, 0.717) is 16.8 Å². The van der Waals surface area contributed by atoms with Gasteiger partial charge in [-0.15, -0.1) is 5.10 Å². The molecule has 0 spiro atoms. The van der Waals surface area contributed by atoms with Crippen LogP contribution < -0.4 is 5.32 Å². The van der Waals surface area contributed by atoms with Crippen molar-refractivity contribution in [3.05, 3.63) is 30.1 Å². The molecule has 11 heteroatoms. The van der Waals surface area contributed by atoms with Crippen LogP contribution >= 0.6 is 11.8 Å². The van der Waals surface area contributed by atoms with E-state index in [1.165, 1.54) is 36.7 Å². The fourth-order valence-corrected chi connectivity index (χ4v) is 4.19. The molecule has 0 aliphatic heterocycles. The number of aromatic amines is 1. The van der Waals surface area contributed by atoms with E-state index in [1.54, 1.807) is 0 Å². The summed E-state index contributed by atoms with van der Waals surface area (Å²) in [6.07, 6.45) is 4.56. The molecule has 1 aliphatic carbocycles. The Labute approximate surface area is 159 Å². The molecule has 1 fully saturated rings. The van der Waals surface area contributed by atoms with Crippen molar-refractivity contribution in [3.63, 3.8) is 0 Å². The van der Waals surface area contributed by atoms with E-state index >= 15 is 0 Å². The Morgan fingerprint density at radius 1 is 1.26 bits per heavy atom. The van der Waals surface area contributed by atoms with Crippen molar-refractivity contribution in [3.8, 4) is 0 Å². The van der Waals surface area contributed by atoms with Crippen LogP contribution in [0, 0.1) is 0 Å². The molecule has 1 aromatic heterocycles. The number of halogens is 2. The summed E-state index contributed by atoms with van der Waals surface area (Å²) < 4.78 is 47.7. The highest BCUT2D eigenvalue weighted by molar-refractivity contribution is 7.99. The molecule has 2 aromatic rings. The number of carbonyl (C=O) groups is 1. The fraction of sp³-hybridized carbons (Fsp3) is 0.438. The van der Waals surface area contributed by atoms with Crippen molar-refractivity contribution in [1.29, 1.82) is 0 Å². The van der Waals surface area contributed by atoms with Gasteiger partial charge in [0.25, 0.3) is 0 Å². The van der Waals surface area contributed by atoms with Crippen LogP contribution in [0.15, 0.2) is 34.3 Å². The predicted molar refractivity (Wildman–Crippen MR) is 96.6 cm³/mol. The zero-order valence-electron chi connectivity index (χ0n) is 14.2. The molecule has 2 N–H and O–H groups in total. The number of nitrogens with one attached hydrogen (secondary N) is 2. The van der Waals surface area contributed by atoms with Gasteiger partial charge in [0.1, 0.15) is 5.82 Å². The first-order chi connectivity index (χ1) is 12.9. The molecule has 3 rings (SSSR count). The van der Waals surface area contributed by atoms with Gasteiger partial charge in [0.05, 0.1) is 10.6 Å². The standard InChI is InChI=1S/C16H18F2N4O3S2/c17-15(18)27(24,25)12-7-5-11(6-8-12)19-13(23)9-26-16-20-14(21-22-16)10-3-1-2-4-10/h5-8,10,15H,1-4,9H2,(H,19,23)(H,20,21,22). The number of nitrogens with zero attached hydrogens (tertiary/aromatic N) is 2. The SMILES string of the molecule is O=C(CSc1n[nH]c(C2CCCC2)n1)Nc1ccc(S(=O)(=O)C(F)F)cc1. The molecular formula is C16H18F2N4O3S2. The number of hydrogen-bond acceptors (Lipinski definition) is 6. The zero-order valence-corrected chi connectivity index (χ0v) is 15.8. The minimum absolute atomic E-state index is 0.0685. The van der Waals surface area contributed by atoms with Gasteiger partial charge in [-0.25, -0.2) is 13.4 Å². The van der Waals surface area contributed by atoms with Gasteiger partial charge >= 0.3 is 5.76 Å².